The van der Waals surface area contributed by atoms with Crippen molar-refractivity contribution in [2.45, 2.75) is 52.5 Å². The van der Waals surface area contributed by atoms with Crippen molar-refractivity contribution in [3.05, 3.63) is 10.7 Å². The highest BCUT2D eigenvalue weighted by Gasteiger charge is 2.21. The van der Waals surface area contributed by atoms with Gasteiger partial charge in [0, 0.05) is 19.1 Å². The average molecular weight is 256 g/mol. The van der Waals surface area contributed by atoms with Gasteiger partial charge in [-0.05, 0) is 39.5 Å². The first-order valence-electron chi connectivity index (χ1n) is 6.64. The lowest BCUT2D eigenvalue weighted by atomic mass is 10.1. The summed E-state index contributed by atoms with van der Waals surface area (Å²) >= 11 is 6.42. The Morgan fingerprint density at radius 1 is 1.29 bits per heavy atom. The molecule has 0 spiro atoms. The smallest absolute Gasteiger partial charge is 0.169 e. The van der Waals surface area contributed by atoms with E-state index < -0.39 is 0 Å². The number of aromatic nitrogens is 2. The van der Waals surface area contributed by atoms with Crippen LogP contribution in [0.1, 0.15) is 51.3 Å². The lowest BCUT2D eigenvalue weighted by Crippen LogP contribution is -2.30. The summed E-state index contributed by atoms with van der Waals surface area (Å²) in [6.45, 7) is 8.62. The summed E-state index contributed by atoms with van der Waals surface area (Å²) in [6.07, 6.45) is 4.93. The van der Waals surface area contributed by atoms with Crippen LogP contribution in [0, 0.1) is 6.92 Å². The first kappa shape index (κ1) is 12.7. The average Bonchev–Trinajstić information content (AvgIpc) is 2.67. The van der Waals surface area contributed by atoms with E-state index in [9.17, 15) is 0 Å². The zero-order valence-corrected chi connectivity index (χ0v) is 11.8. The van der Waals surface area contributed by atoms with Gasteiger partial charge in [0.15, 0.2) is 5.82 Å². The number of piperidine rings is 1. The maximum absolute atomic E-state index is 6.42. The van der Waals surface area contributed by atoms with E-state index in [1.54, 1.807) is 0 Å². The Hall–Kier alpha value is -0.700. The third kappa shape index (κ3) is 2.44. The quantitative estimate of drug-likeness (QED) is 0.819. The molecule has 0 N–H and O–H groups in total. The van der Waals surface area contributed by atoms with E-state index in [1.807, 2.05) is 0 Å². The van der Waals surface area contributed by atoms with Crippen LogP contribution in [0.15, 0.2) is 0 Å². The molecule has 2 rings (SSSR count). The van der Waals surface area contributed by atoms with Crippen LogP contribution < -0.4 is 4.90 Å². The molecule has 1 saturated heterocycles. The van der Waals surface area contributed by atoms with Crippen molar-refractivity contribution in [3.63, 3.8) is 0 Å². The van der Waals surface area contributed by atoms with Gasteiger partial charge < -0.3 is 4.90 Å². The van der Waals surface area contributed by atoms with Gasteiger partial charge in [-0.25, -0.2) is 0 Å². The second kappa shape index (κ2) is 5.30. The predicted molar refractivity (Wildman–Crippen MR) is 73.0 cm³/mol. The van der Waals surface area contributed by atoms with Crippen molar-refractivity contribution in [1.82, 2.24) is 9.78 Å². The van der Waals surface area contributed by atoms with Crippen LogP contribution in [0.2, 0.25) is 5.02 Å². The van der Waals surface area contributed by atoms with Crippen LogP contribution in [0.25, 0.3) is 0 Å². The van der Waals surface area contributed by atoms with E-state index in [0.29, 0.717) is 6.04 Å². The number of hydrogen-bond donors (Lipinski definition) is 0. The van der Waals surface area contributed by atoms with Crippen molar-refractivity contribution in [1.29, 1.82) is 0 Å². The zero-order chi connectivity index (χ0) is 12.4. The molecular weight excluding hydrogens is 234 g/mol. The first-order valence-corrected chi connectivity index (χ1v) is 7.02. The van der Waals surface area contributed by atoms with Gasteiger partial charge in [0.25, 0.3) is 0 Å². The maximum atomic E-state index is 6.42. The molecule has 96 valence electrons. The topological polar surface area (TPSA) is 21.1 Å². The molecule has 4 heteroatoms. The molecule has 3 nitrogen and oxygen atoms in total. The highest BCUT2D eigenvalue weighted by Crippen LogP contribution is 2.31. The third-order valence-corrected chi connectivity index (χ3v) is 4.17. The van der Waals surface area contributed by atoms with Gasteiger partial charge >= 0.3 is 0 Å². The first-order chi connectivity index (χ1) is 8.15. The molecule has 1 aliphatic heterocycles. The molecule has 1 aromatic rings. The summed E-state index contributed by atoms with van der Waals surface area (Å²) in [4.78, 5) is 2.33. The van der Waals surface area contributed by atoms with Crippen LogP contribution in [0.4, 0.5) is 5.82 Å². The van der Waals surface area contributed by atoms with Crippen molar-refractivity contribution in [2.24, 2.45) is 0 Å². The summed E-state index contributed by atoms with van der Waals surface area (Å²) in [5.41, 5.74) is 1.10. The number of rotatable bonds is 3. The SMILES string of the molecule is CCC(C)n1nc(N2CCCCC2)c(Cl)c1C. The van der Waals surface area contributed by atoms with Crippen LogP contribution in [0.3, 0.4) is 0 Å². The molecule has 1 aliphatic rings. The Labute approximate surface area is 109 Å². The summed E-state index contributed by atoms with van der Waals surface area (Å²) < 4.78 is 2.08. The monoisotopic (exact) mass is 255 g/mol. The zero-order valence-electron chi connectivity index (χ0n) is 11.0. The minimum atomic E-state index is 0.422. The van der Waals surface area contributed by atoms with E-state index in [2.05, 4.69) is 30.4 Å². The van der Waals surface area contributed by atoms with Crippen LogP contribution >= 0.6 is 11.6 Å². The largest absolute Gasteiger partial charge is 0.354 e. The van der Waals surface area contributed by atoms with E-state index in [4.69, 9.17) is 16.7 Å². The molecule has 1 unspecified atom stereocenters. The fraction of sp³-hybridized carbons (Fsp3) is 0.769. The molecule has 0 aliphatic carbocycles. The van der Waals surface area contributed by atoms with E-state index >= 15 is 0 Å². The standard InChI is InChI=1S/C13H22ClN3/c1-4-10(2)17-11(3)12(14)13(15-17)16-8-6-5-7-9-16/h10H,4-9H2,1-3H3. The van der Waals surface area contributed by atoms with Gasteiger partial charge in [0.1, 0.15) is 5.02 Å². The highest BCUT2D eigenvalue weighted by molar-refractivity contribution is 6.33. The summed E-state index contributed by atoms with van der Waals surface area (Å²) in [7, 11) is 0. The molecule has 0 bridgehead atoms. The molecule has 0 saturated carbocycles. The normalized spacial score (nSPS) is 18.5. The van der Waals surface area contributed by atoms with Gasteiger partial charge in [-0.1, -0.05) is 18.5 Å². The van der Waals surface area contributed by atoms with E-state index in [0.717, 1.165) is 36.0 Å². The third-order valence-electron chi connectivity index (χ3n) is 3.72. The van der Waals surface area contributed by atoms with Gasteiger partial charge in [0.05, 0.1) is 5.69 Å². The Kier molecular flexibility index (Phi) is 3.97. The predicted octanol–water partition coefficient (Wildman–Crippen LogP) is 3.81. The summed E-state index contributed by atoms with van der Waals surface area (Å²) in [5.74, 6) is 0.990. The van der Waals surface area contributed by atoms with Crippen molar-refractivity contribution in [2.75, 3.05) is 18.0 Å². The van der Waals surface area contributed by atoms with Gasteiger partial charge in [0.2, 0.25) is 0 Å². The van der Waals surface area contributed by atoms with Gasteiger partial charge in [-0.3, -0.25) is 4.68 Å². The molecule has 0 aromatic carbocycles. The van der Waals surface area contributed by atoms with Crippen LogP contribution in [-0.4, -0.2) is 22.9 Å². The van der Waals surface area contributed by atoms with E-state index in [1.165, 1.54) is 19.3 Å². The Bertz CT molecular complexity index is 380. The number of nitrogens with zero attached hydrogens (tertiary/aromatic N) is 3. The molecule has 1 aromatic heterocycles. The molecular formula is C13H22ClN3. The van der Waals surface area contributed by atoms with E-state index in [-0.39, 0.29) is 0 Å². The fourth-order valence-corrected chi connectivity index (χ4v) is 2.64. The molecule has 2 heterocycles. The summed E-state index contributed by atoms with van der Waals surface area (Å²) in [5, 5.41) is 5.55. The van der Waals surface area contributed by atoms with Crippen molar-refractivity contribution >= 4 is 17.4 Å². The lowest BCUT2D eigenvalue weighted by Gasteiger charge is -2.26. The summed E-state index contributed by atoms with van der Waals surface area (Å²) in [6, 6.07) is 0.422. The number of halogens is 1. The van der Waals surface area contributed by atoms with Gasteiger partial charge in [-0.15, -0.1) is 0 Å². The molecule has 1 atom stereocenters. The minimum Gasteiger partial charge on any atom is -0.354 e. The molecule has 0 radical (unpaired) electrons. The minimum absolute atomic E-state index is 0.422. The molecule has 1 fully saturated rings. The van der Waals surface area contributed by atoms with Crippen molar-refractivity contribution < 1.29 is 0 Å². The molecule has 0 amide bonds. The Balaban J connectivity index is 2.28. The number of anilines is 1. The van der Waals surface area contributed by atoms with Gasteiger partial charge in [-0.2, -0.15) is 5.10 Å². The molecule has 17 heavy (non-hydrogen) atoms. The van der Waals surface area contributed by atoms with Crippen molar-refractivity contribution in [3.8, 4) is 0 Å². The highest BCUT2D eigenvalue weighted by atomic mass is 35.5. The Morgan fingerprint density at radius 3 is 2.53 bits per heavy atom. The lowest BCUT2D eigenvalue weighted by molar-refractivity contribution is 0.464. The number of hydrogen-bond acceptors (Lipinski definition) is 2. The second-order valence-corrected chi connectivity index (χ2v) is 5.35. The Morgan fingerprint density at radius 2 is 1.94 bits per heavy atom. The van der Waals surface area contributed by atoms with Crippen LogP contribution in [-0.2, 0) is 0 Å². The second-order valence-electron chi connectivity index (χ2n) is 4.97. The fourth-order valence-electron chi connectivity index (χ4n) is 2.39. The maximum Gasteiger partial charge on any atom is 0.169 e. The van der Waals surface area contributed by atoms with Crippen LogP contribution in [0.5, 0.6) is 0 Å².